The van der Waals surface area contributed by atoms with Crippen LogP contribution in [0.25, 0.3) is 0 Å². The first kappa shape index (κ1) is 18.1. The number of hydrogen-bond donors (Lipinski definition) is 2. The first-order valence-electron chi connectivity index (χ1n) is 6.33. The lowest BCUT2D eigenvalue weighted by Crippen LogP contribution is -2.35. The first-order valence-corrected chi connectivity index (χ1v) is 8.61. The minimum absolute atomic E-state index is 0.0699. The number of aromatic carboxylic acids is 1. The summed E-state index contributed by atoms with van der Waals surface area (Å²) in [5, 5.41) is 8.96. The molecule has 8 heteroatoms. The van der Waals surface area contributed by atoms with Gasteiger partial charge in [-0.1, -0.05) is 0 Å². The molecule has 1 atom stereocenters. The van der Waals surface area contributed by atoms with Crippen molar-refractivity contribution in [2.75, 3.05) is 20.6 Å². The van der Waals surface area contributed by atoms with E-state index in [9.17, 15) is 13.2 Å². The van der Waals surface area contributed by atoms with Crippen molar-refractivity contribution in [3.8, 4) is 0 Å². The van der Waals surface area contributed by atoms with Gasteiger partial charge < -0.3 is 10.0 Å². The summed E-state index contributed by atoms with van der Waals surface area (Å²) in [5.41, 5.74) is -0.0699. The maximum atomic E-state index is 12.3. The molecule has 1 rings (SSSR count). The van der Waals surface area contributed by atoms with Crippen molar-refractivity contribution in [1.82, 2.24) is 9.62 Å². The number of halogens is 1. The van der Waals surface area contributed by atoms with Gasteiger partial charge in [0.05, 0.1) is 10.5 Å². The number of carbonyl (C=O) groups is 1. The second-order valence-electron chi connectivity index (χ2n) is 5.06. The lowest BCUT2D eigenvalue weighted by molar-refractivity contribution is 0.0696. The highest BCUT2D eigenvalue weighted by molar-refractivity contribution is 9.10. The van der Waals surface area contributed by atoms with E-state index in [0.29, 0.717) is 10.9 Å². The van der Waals surface area contributed by atoms with E-state index < -0.39 is 16.0 Å². The lowest BCUT2D eigenvalue weighted by Gasteiger charge is -2.17. The van der Waals surface area contributed by atoms with Crippen LogP contribution in [0.4, 0.5) is 0 Å². The highest BCUT2D eigenvalue weighted by atomic mass is 79.9. The van der Waals surface area contributed by atoms with Crippen LogP contribution in [0.3, 0.4) is 0 Å². The van der Waals surface area contributed by atoms with Gasteiger partial charge >= 0.3 is 5.97 Å². The normalized spacial score (nSPS) is 13.4. The van der Waals surface area contributed by atoms with Crippen LogP contribution < -0.4 is 4.72 Å². The average molecular weight is 379 g/mol. The Morgan fingerprint density at radius 1 is 1.43 bits per heavy atom. The SMILES string of the molecule is CC(CCN(C)C)NS(=O)(=O)c1cc(C(=O)O)ccc1Br. The summed E-state index contributed by atoms with van der Waals surface area (Å²) >= 11 is 3.15. The molecule has 0 aliphatic rings. The Kier molecular flexibility index (Phi) is 6.33. The van der Waals surface area contributed by atoms with Crippen molar-refractivity contribution in [2.24, 2.45) is 0 Å². The number of nitrogens with one attached hydrogen (secondary N) is 1. The van der Waals surface area contributed by atoms with Crippen LogP contribution >= 0.6 is 15.9 Å². The third-order valence-electron chi connectivity index (χ3n) is 2.83. The van der Waals surface area contributed by atoms with E-state index in [1.54, 1.807) is 6.92 Å². The summed E-state index contributed by atoms with van der Waals surface area (Å²) in [4.78, 5) is 12.8. The van der Waals surface area contributed by atoms with Gasteiger partial charge in [-0.25, -0.2) is 17.9 Å². The minimum Gasteiger partial charge on any atom is -0.478 e. The van der Waals surface area contributed by atoms with E-state index >= 15 is 0 Å². The summed E-state index contributed by atoms with van der Waals surface area (Å²) in [6.07, 6.45) is 0.655. The molecule has 21 heavy (non-hydrogen) atoms. The van der Waals surface area contributed by atoms with Crippen molar-refractivity contribution in [3.05, 3.63) is 28.2 Å². The molecule has 0 amide bonds. The van der Waals surface area contributed by atoms with Crippen LogP contribution in [0.5, 0.6) is 0 Å². The van der Waals surface area contributed by atoms with Crippen LogP contribution in [0.1, 0.15) is 23.7 Å². The first-order chi connectivity index (χ1) is 9.63. The summed E-state index contributed by atoms with van der Waals surface area (Å²) in [6.45, 7) is 2.52. The fourth-order valence-corrected chi connectivity index (χ4v) is 3.95. The Bertz CT molecular complexity index is 617. The number of carboxylic acids is 1. The van der Waals surface area contributed by atoms with E-state index in [4.69, 9.17) is 5.11 Å². The van der Waals surface area contributed by atoms with Crippen LogP contribution in [-0.4, -0.2) is 51.1 Å². The van der Waals surface area contributed by atoms with E-state index in [2.05, 4.69) is 20.7 Å². The summed E-state index contributed by atoms with van der Waals surface area (Å²) in [7, 11) is 0.0489. The van der Waals surface area contributed by atoms with Crippen molar-refractivity contribution < 1.29 is 18.3 Å². The molecular formula is C13H19BrN2O4S. The molecule has 0 heterocycles. The number of hydrogen-bond acceptors (Lipinski definition) is 4. The topological polar surface area (TPSA) is 86.7 Å². The Labute approximate surface area is 133 Å². The molecule has 0 aliphatic carbocycles. The minimum atomic E-state index is -3.77. The predicted octanol–water partition coefficient (Wildman–Crippen LogP) is 1.77. The number of sulfonamides is 1. The van der Waals surface area contributed by atoms with Gasteiger partial charge in [-0.3, -0.25) is 0 Å². The van der Waals surface area contributed by atoms with Crippen molar-refractivity contribution in [3.63, 3.8) is 0 Å². The quantitative estimate of drug-likeness (QED) is 0.754. The fraction of sp³-hybridized carbons (Fsp3) is 0.462. The van der Waals surface area contributed by atoms with Crippen molar-refractivity contribution >= 4 is 31.9 Å². The molecule has 118 valence electrons. The zero-order valence-corrected chi connectivity index (χ0v) is 14.5. The van der Waals surface area contributed by atoms with Crippen LogP contribution in [0.2, 0.25) is 0 Å². The van der Waals surface area contributed by atoms with Crippen molar-refractivity contribution in [2.45, 2.75) is 24.3 Å². The molecule has 1 unspecified atom stereocenters. The maximum absolute atomic E-state index is 12.3. The lowest BCUT2D eigenvalue weighted by atomic mass is 10.2. The van der Waals surface area contributed by atoms with Gasteiger partial charge in [-0.05, 0) is 68.1 Å². The van der Waals surface area contributed by atoms with Gasteiger partial charge in [0, 0.05) is 10.5 Å². The zero-order valence-electron chi connectivity index (χ0n) is 12.1. The van der Waals surface area contributed by atoms with Gasteiger partial charge in [0.2, 0.25) is 10.0 Å². The van der Waals surface area contributed by atoms with Gasteiger partial charge in [0.15, 0.2) is 0 Å². The van der Waals surface area contributed by atoms with Crippen molar-refractivity contribution in [1.29, 1.82) is 0 Å². The molecule has 0 saturated carbocycles. The second kappa shape index (κ2) is 7.35. The largest absolute Gasteiger partial charge is 0.478 e. The third kappa shape index (κ3) is 5.39. The molecule has 2 N–H and O–H groups in total. The van der Waals surface area contributed by atoms with Crippen LogP contribution in [-0.2, 0) is 10.0 Å². The highest BCUT2D eigenvalue weighted by Crippen LogP contribution is 2.23. The van der Waals surface area contributed by atoms with Gasteiger partial charge in [0.1, 0.15) is 0 Å². The smallest absolute Gasteiger partial charge is 0.335 e. The highest BCUT2D eigenvalue weighted by Gasteiger charge is 2.21. The Morgan fingerprint density at radius 3 is 2.57 bits per heavy atom. The molecule has 0 aromatic heterocycles. The summed E-state index contributed by atoms with van der Waals surface area (Å²) < 4.78 is 27.6. The molecule has 1 aromatic carbocycles. The number of benzene rings is 1. The zero-order chi connectivity index (χ0) is 16.2. The molecule has 0 fully saturated rings. The Hall–Kier alpha value is -0.960. The van der Waals surface area contributed by atoms with Gasteiger partial charge in [-0.2, -0.15) is 0 Å². The number of nitrogens with zero attached hydrogens (tertiary/aromatic N) is 1. The average Bonchev–Trinajstić information content (AvgIpc) is 2.35. The van der Waals surface area contributed by atoms with Crippen LogP contribution in [0.15, 0.2) is 27.6 Å². The van der Waals surface area contributed by atoms with Gasteiger partial charge in [0.25, 0.3) is 0 Å². The molecule has 0 spiro atoms. The number of carboxylic acid groups (broad SMARTS) is 1. The summed E-state index contributed by atoms with van der Waals surface area (Å²) in [6, 6.07) is 3.66. The standard InChI is InChI=1S/C13H19BrN2O4S/c1-9(6-7-16(2)3)15-21(19,20)12-8-10(13(17)18)4-5-11(12)14/h4-5,8-9,15H,6-7H2,1-3H3,(H,17,18). The maximum Gasteiger partial charge on any atom is 0.335 e. The Morgan fingerprint density at radius 2 is 2.05 bits per heavy atom. The molecule has 0 radical (unpaired) electrons. The molecule has 0 bridgehead atoms. The monoisotopic (exact) mass is 378 g/mol. The van der Waals surface area contributed by atoms with E-state index in [1.165, 1.54) is 12.1 Å². The molecule has 0 saturated heterocycles. The van der Waals surface area contributed by atoms with E-state index in [1.807, 2.05) is 19.0 Å². The molecule has 6 nitrogen and oxygen atoms in total. The molecule has 1 aromatic rings. The van der Waals surface area contributed by atoms with E-state index in [-0.39, 0.29) is 16.5 Å². The predicted molar refractivity (Wildman–Crippen MR) is 84.1 cm³/mol. The number of rotatable bonds is 7. The molecule has 0 aliphatic heterocycles. The van der Waals surface area contributed by atoms with Gasteiger partial charge in [-0.15, -0.1) is 0 Å². The third-order valence-corrected chi connectivity index (χ3v) is 5.42. The second-order valence-corrected chi connectivity index (χ2v) is 7.60. The van der Waals surface area contributed by atoms with Crippen LogP contribution in [0, 0.1) is 0 Å². The van der Waals surface area contributed by atoms with E-state index in [0.717, 1.165) is 12.6 Å². The Balaban J connectivity index is 2.97. The molecular weight excluding hydrogens is 360 g/mol. The fourth-order valence-electron chi connectivity index (χ4n) is 1.68. The summed E-state index contributed by atoms with van der Waals surface area (Å²) in [5.74, 6) is -1.17.